The van der Waals surface area contributed by atoms with E-state index in [4.69, 9.17) is 9.47 Å². The molecular weight excluding hydrogens is 744 g/mol. The van der Waals surface area contributed by atoms with Crippen LogP contribution in [-0.4, -0.2) is 40.0 Å². The lowest BCUT2D eigenvalue weighted by Crippen LogP contribution is -2.45. The van der Waals surface area contributed by atoms with E-state index in [1.807, 2.05) is 42.5 Å². The van der Waals surface area contributed by atoms with Crippen LogP contribution in [0.1, 0.15) is 99.6 Å². The van der Waals surface area contributed by atoms with Gasteiger partial charge in [0.1, 0.15) is 36.4 Å². The minimum atomic E-state index is -4.58. The Bertz CT molecular complexity index is 2050. The summed E-state index contributed by atoms with van der Waals surface area (Å²) in [6.45, 7) is 3.61. The Morgan fingerprint density at radius 3 is 2.14 bits per heavy atom. The van der Waals surface area contributed by atoms with Crippen molar-refractivity contribution >= 4 is 17.5 Å². The number of carbonyl (C=O) groups is 2. The SMILES string of the molecule is CCCCCCCCCCCCNC(=O)C1c2cccc(c2)-c2ccc(cc2)OCc2cn(nn2)CCOc2ccc(cc2)CC(=O)N1c1ccc(C(F)(F)F)cc1. The maximum Gasteiger partial charge on any atom is 0.416 e. The number of anilines is 1. The molecule has 0 aliphatic carbocycles. The number of ether oxygens (including phenoxy) is 2. The van der Waals surface area contributed by atoms with E-state index in [9.17, 15) is 22.8 Å². The third kappa shape index (κ3) is 11.9. The van der Waals surface area contributed by atoms with Crippen molar-refractivity contribution in [1.82, 2.24) is 20.3 Å². The van der Waals surface area contributed by atoms with Gasteiger partial charge in [-0.25, -0.2) is 4.68 Å². The number of nitrogens with one attached hydrogen (secondary N) is 1. The van der Waals surface area contributed by atoms with E-state index in [-0.39, 0.29) is 18.7 Å². The number of hydrogen-bond donors (Lipinski definition) is 1. The number of carbonyl (C=O) groups excluding carboxylic acids is 2. The van der Waals surface area contributed by atoms with Gasteiger partial charge in [0.2, 0.25) is 11.8 Å². The molecule has 0 spiro atoms. The van der Waals surface area contributed by atoms with Gasteiger partial charge in [-0.15, -0.1) is 5.10 Å². The first-order valence-electron chi connectivity index (χ1n) is 20.4. The van der Waals surface area contributed by atoms with Crippen molar-refractivity contribution in [2.45, 2.75) is 103 Å². The zero-order valence-corrected chi connectivity index (χ0v) is 33.1. The van der Waals surface area contributed by atoms with Crippen LogP contribution in [0.25, 0.3) is 11.1 Å². The van der Waals surface area contributed by atoms with Crippen LogP contribution < -0.4 is 19.7 Å². The molecule has 0 radical (unpaired) electrons. The van der Waals surface area contributed by atoms with Gasteiger partial charge in [0, 0.05) is 12.2 Å². The molecule has 2 amide bonds. The van der Waals surface area contributed by atoms with Gasteiger partial charge in [-0.2, -0.15) is 13.2 Å². The van der Waals surface area contributed by atoms with Crippen molar-refractivity contribution in [3.8, 4) is 22.6 Å². The molecule has 8 bridgehead atoms. The number of benzene rings is 4. The van der Waals surface area contributed by atoms with Gasteiger partial charge in [0.25, 0.3) is 0 Å². The molecule has 4 aromatic carbocycles. The average molecular weight is 796 g/mol. The van der Waals surface area contributed by atoms with Crippen molar-refractivity contribution in [2.24, 2.45) is 0 Å². The summed E-state index contributed by atoms with van der Waals surface area (Å²) in [4.78, 5) is 30.3. The van der Waals surface area contributed by atoms with Gasteiger partial charge in [-0.3, -0.25) is 14.5 Å². The monoisotopic (exact) mass is 795 g/mol. The molecule has 4 aliphatic rings. The summed E-state index contributed by atoms with van der Waals surface area (Å²) >= 11 is 0. The Morgan fingerprint density at radius 1 is 0.793 bits per heavy atom. The van der Waals surface area contributed by atoms with Gasteiger partial charge in [-0.1, -0.05) is 112 Å². The van der Waals surface area contributed by atoms with Gasteiger partial charge < -0.3 is 14.8 Å². The average Bonchev–Trinajstić information content (AvgIpc) is 3.69. The lowest BCUT2D eigenvalue weighted by molar-refractivity contribution is -0.137. The predicted octanol–water partition coefficient (Wildman–Crippen LogP) is 10.3. The Morgan fingerprint density at radius 2 is 1.45 bits per heavy atom. The maximum atomic E-state index is 14.6. The van der Waals surface area contributed by atoms with Crippen molar-refractivity contribution in [1.29, 1.82) is 0 Å². The van der Waals surface area contributed by atoms with Gasteiger partial charge >= 0.3 is 6.18 Å². The van der Waals surface area contributed by atoms with Gasteiger partial charge in [-0.05, 0) is 83.3 Å². The Kier molecular flexibility index (Phi) is 15.0. The van der Waals surface area contributed by atoms with E-state index in [1.54, 1.807) is 41.2 Å². The number of unbranched alkanes of at least 4 members (excludes halogenated alkanes) is 9. The fraction of sp³-hybridized carbons (Fsp3) is 0.391. The quantitative estimate of drug-likeness (QED) is 0.119. The third-order valence-electron chi connectivity index (χ3n) is 10.3. The standard InChI is InChI=1S/C46H52F3N5O4/c1-2-3-4-5-6-7-8-9-10-11-27-50-45(56)44-37-14-12-13-36(31-37)35-17-25-42(26-18-35)58-33-39-32-53(52-51-39)28-29-57-41-23-15-34(16-24-41)30-43(55)54(44)40-21-19-38(20-22-40)46(47,48)49/h12-26,31-32,44H,2-11,27-30,33H2,1H3,(H,50,56). The molecule has 4 aliphatic heterocycles. The van der Waals surface area contributed by atoms with E-state index < -0.39 is 29.6 Å². The molecule has 306 valence electrons. The van der Waals surface area contributed by atoms with Crippen LogP contribution in [0.5, 0.6) is 11.5 Å². The maximum absolute atomic E-state index is 14.6. The summed E-state index contributed by atoms with van der Waals surface area (Å²) < 4.78 is 54.8. The molecule has 0 saturated carbocycles. The van der Waals surface area contributed by atoms with Crippen LogP contribution >= 0.6 is 0 Å². The van der Waals surface area contributed by atoms with Crippen molar-refractivity contribution < 1.29 is 32.2 Å². The fourth-order valence-electron chi connectivity index (χ4n) is 7.11. The second-order valence-corrected chi connectivity index (χ2v) is 14.8. The fourth-order valence-corrected chi connectivity index (χ4v) is 7.11. The number of rotatable bonds is 13. The Labute approximate surface area is 338 Å². The zero-order valence-electron chi connectivity index (χ0n) is 33.1. The molecule has 1 N–H and O–H groups in total. The van der Waals surface area contributed by atoms with Crippen LogP contribution in [0.4, 0.5) is 18.9 Å². The van der Waals surface area contributed by atoms with Crippen LogP contribution in [0.2, 0.25) is 0 Å². The van der Waals surface area contributed by atoms with E-state index in [1.165, 1.54) is 55.6 Å². The van der Waals surface area contributed by atoms with E-state index in [0.717, 1.165) is 48.9 Å². The number of aromatic nitrogens is 3. The van der Waals surface area contributed by atoms with Crippen LogP contribution in [0.3, 0.4) is 0 Å². The molecule has 9 rings (SSSR count). The van der Waals surface area contributed by atoms with Crippen LogP contribution in [0, 0.1) is 0 Å². The van der Waals surface area contributed by atoms with Crippen LogP contribution in [-0.2, 0) is 35.3 Å². The number of alkyl halides is 3. The lowest BCUT2D eigenvalue weighted by Gasteiger charge is -2.32. The van der Waals surface area contributed by atoms with Gasteiger partial charge in [0.15, 0.2) is 0 Å². The van der Waals surface area contributed by atoms with E-state index >= 15 is 0 Å². The lowest BCUT2D eigenvalue weighted by atomic mass is 9.96. The highest BCUT2D eigenvalue weighted by molar-refractivity contribution is 6.02. The van der Waals surface area contributed by atoms with Crippen molar-refractivity contribution in [3.63, 3.8) is 0 Å². The molecule has 5 aromatic rings. The first-order valence-corrected chi connectivity index (χ1v) is 20.4. The molecule has 0 saturated heterocycles. The highest BCUT2D eigenvalue weighted by atomic mass is 19.4. The summed E-state index contributed by atoms with van der Waals surface area (Å²) in [7, 11) is 0. The number of hydrogen-bond acceptors (Lipinski definition) is 6. The van der Waals surface area contributed by atoms with Crippen molar-refractivity contribution in [3.05, 3.63) is 126 Å². The highest BCUT2D eigenvalue weighted by Crippen LogP contribution is 2.35. The number of nitrogens with zero attached hydrogens (tertiary/aromatic N) is 4. The van der Waals surface area contributed by atoms with Crippen molar-refractivity contribution in [2.75, 3.05) is 18.1 Å². The molecule has 9 nitrogen and oxygen atoms in total. The number of amides is 2. The smallest absolute Gasteiger partial charge is 0.416 e. The molecule has 58 heavy (non-hydrogen) atoms. The second kappa shape index (κ2) is 20.7. The molecular formula is C46H52F3N5O4. The first-order chi connectivity index (χ1) is 28.2. The summed E-state index contributed by atoms with van der Waals surface area (Å²) in [5.74, 6) is 0.334. The minimum absolute atomic E-state index is 0.119. The molecule has 1 aromatic heterocycles. The Balaban J connectivity index is 1.30. The van der Waals surface area contributed by atoms with E-state index in [2.05, 4.69) is 22.6 Å². The summed E-state index contributed by atoms with van der Waals surface area (Å²) in [6.07, 6.45) is 8.56. The molecule has 1 atom stereocenters. The van der Waals surface area contributed by atoms with Crippen LogP contribution in [0.15, 0.2) is 103 Å². The normalized spacial score (nSPS) is 14.9. The van der Waals surface area contributed by atoms with Gasteiger partial charge in [0.05, 0.1) is 24.7 Å². The molecule has 1 unspecified atom stereocenters. The summed E-state index contributed by atoms with van der Waals surface area (Å²) in [5.41, 5.74) is 2.77. The zero-order chi connectivity index (χ0) is 40.7. The summed E-state index contributed by atoms with van der Waals surface area (Å²) in [5, 5.41) is 11.4. The van der Waals surface area contributed by atoms with E-state index in [0.29, 0.717) is 48.0 Å². The topological polar surface area (TPSA) is 98.6 Å². The number of halogens is 3. The second-order valence-electron chi connectivity index (χ2n) is 14.8. The minimum Gasteiger partial charge on any atom is -0.492 e. The molecule has 12 heteroatoms. The summed E-state index contributed by atoms with van der Waals surface area (Å²) in [6, 6.07) is 25.1. The molecule has 0 fully saturated rings. The first kappa shape index (κ1) is 42.0. The predicted molar refractivity (Wildman–Crippen MR) is 218 cm³/mol. The molecule has 5 heterocycles. The Hall–Kier alpha value is -5.65. The highest BCUT2D eigenvalue weighted by Gasteiger charge is 2.35. The third-order valence-corrected chi connectivity index (χ3v) is 10.3. The largest absolute Gasteiger partial charge is 0.492 e.